The van der Waals surface area contributed by atoms with Crippen molar-refractivity contribution in [2.75, 3.05) is 5.32 Å². The molecule has 0 radical (unpaired) electrons. The minimum absolute atomic E-state index is 0.119. The molecule has 3 N–H and O–H groups in total. The highest BCUT2D eigenvalue weighted by atomic mass is 32.1. The maximum Gasteiger partial charge on any atom is 0.408 e. The number of benzene rings is 1. The second-order valence-electron chi connectivity index (χ2n) is 7.07. The van der Waals surface area contributed by atoms with Crippen LogP contribution in [0.15, 0.2) is 43.0 Å². The van der Waals surface area contributed by atoms with Crippen molar-refractivity contribution in [3.8, 4) is 0 Å². The highest BCUT2D eigenvalue weighted by Crippen LogP contribution is 2.26. The van der Waals surface area contributed by atoms with Gasteiger partial charge in [0.25, 0.3) is 5.91 Å². The van der Waals surface area contributed by atoms with Gasteiger partial charge in [0.15, 0.2) is 3.95 Å². The molecule has 29 heavy (non-hydrogen) atoms. The molecule has 1 atom stereocenters. The van der Waals surface area contributed by atoms with Crippen LogP contribution in [0.2, 0.25) is 0 Å². The number of ether oxygens (including phenoxy) is 1. The second-order valence-corrected chi connectivity index (χ2v) is 8.73. The van der Waals surface area contributed by atoms with Gasteiger partial charge in [-0.3, -0.25) is 15.2 Å². The lowest BCUT2D eigenvalue weighted by molar-refractivity contribution is -0.123. The number of nitrogens with zero attached hydrogens (tertiary/aromatic N) is 1. The topological polar surface area (TPSA) is 96.1 Å². The van der Waals surface area contributed by atoms with E-state index in [0.717, 1.165) is 16.9 Å². The highest BCUT2D eigenvalue weighted by Gasteiger charge is 2.40. The monoisotopic (exact) mass is 434 g/mol. The van der Waals surface area contributed by atoms with E-state index in [-0.39, 0.29) is 18.4 Å². The van der Waals surface area contributed by atoms with Gasteiger partial charge in [0.2, 0.25) is 5.13 Å². The molecular formula is C20H26N4O3S2. The first kappa shape index (κ1) is 22.8. The van der Waals surface area contributed by atoms with E-state index in [1.54, 1.807) is 6.08 Å². The van der Waals surface area contributed by atoms with Gasteiger partial charge in [-0.2, -0.15) is 0 Å². The number of hydrogen-bond donors (Lipinski definition) is 3. The Bertz CT molecular complexity index is 879. The zero-order chi connectivity index (χ0) is 21.3. The third kappa shape index (κ3) is 7.10. The number of rotatable bonds is 10. The Kier molecular flexibility index (Phi) is 8.53. The molecule has 1 aromatic carbocycles. The standard InChI is InChI=1S/C20H26N4O3S2/c1-4-5-11-20(12-14(2)3,16(25)21-17-23-24-19(28)29-17)22-18(26)27-13-15-9-7-6-8-10-15/h4,6-10,14H,1,5,11-13H2,2-3H3,(H,22,26)(H,24,28)(H,21,23,25). The zero-order valence-electron chi connectivity index (χ0n) is 16.6. The van der Waals surface area contributed by atoms with Gasteiger partial charge in [-0.25, -0.2) is 4.79 Å². The van der Waals surface area contributed by atoms with Crippen LogP contribution in [0.5, 0.6) is 0 Å². The molecule has 0 fully saturated rings. The number of H-pyrrole nitrogens is 1. The summed E-state index contributed by atoms with van der Waals surface area (Å²) in [5, 5.41) is 12.5. The molecule has 2 aromatic rings. The molecule has 0 saturated carbocycles. The van der Waals surface area contributed by atoms with E-state index in [4.69, 9.17) is 17.0 Å². The van der Waals surface area contributed by atoms with Gasteiger partial charge in [0.05, 0.1) is 0 Å². The summed E-state index contributed by atoms with van der Waals surface area (Å²) in [5.41, 5.74) is -0.299. The summed E-state index contributed by atoms with van der Waals surface area (Å²) in [6, 6.07) is 9.36. The van der Waals surface area contributed by atoms with Crippen molar-refractivity contribution in [3.63, 3.8) is 0 Å². The van der Waals surface area contributed by atoms with Crippen molar-refractivity contribution in [3.05, 3.63) is 52.5 Å². The molecule has 0 aliphatic carbocycles. The molecule has 1 heterocycles. The average Bonchev–Trinajstić information content (AvgIpc) is 3.09. The predicted octanol–water partition coefficient (Wildman–Crippen LogP) is 4.82. The van der Waals surface area contributed by atoms with Crippen molar-refractivity contribution in [1.29, 1.82) is 0 Å². The van der Waals surface area contributed by atoms with Crippen molar-refractivity contribution in [2.24, 2.45) is 5.92 Å². The molecule has 0 bridgehead atoms. The average molecular weight is 435 g/mol. The van der Waals surface area contributed by atoms with Gasteiger partial charge in [0, 0.05) is 0 Å². The molecule has 0 aliphatic rings. The molecule has 2 rings (SSSR count). The zero-order valence-corrected chi connectivity index (χ0v) is 18.2. The van der Waals surface area contributed by atoms with Gasteiger partial charge >= 0.3 is 6.09 Å². The number of anilines is 1. The molecule has 0 aliphatic heterocycles. The van der Waals surface area contributed by atoms with E-state index >= 15 is 0 Å². The van der Waals surface area contributed by atoms with Crippen LogP contribution in [0.4, 0.5) is 9.93 Å². The van der Waals surface area contributed by atoms with E-state index in [1.807, 2.05) is 44.2 Å². The number of nitrogens with one attached hydrogen (secondary N) is 3. The van der Waals surface area contributed by atoms with Crippen LogP contribution >= 0.6 is 23.6 Å². The molecule has 9 heteroatoms. The van der Waals surface area contributed by atoms with Crippen molar-refractivity contribution in [2.45, 2.75) is 45.3 Å². The van der Waals surface area contributed by atoms with Gasteiger partial charge in [-0.1, -0.05) is 61.6 Å². The quantitative estimate of drug-likeness (QED) is 0.368. The molecule has 7 nitrogen and oxygen atoms in total. The Morgan fingerprint density at radius 2 is 2.10 bits per heavy atom. The van der Waals surface area contributed by atoms with Gasteiger partial charge < -0.3 is 10.1 Å². The summed E-state index contributed by atoms with van der Waals surface area (Å²) in [6.45, 7) is 7.84. The largest absolute Gasteiger partial charge is 0.445 e. The Morgan fingerprint density at radius 3 is 2.69 bits per heavy atom. The van der Waals surface area contributed by atoms with Crippen LogP contribution in [0, 0.1) is 9.87 Å². The first-order valence-electron chi connectivity index (χ1n) is 9.31. The van der Waals surface area contributed by atoms with Crippen LogP contribution < -0.4 is 10.6 Å². The summed E-state index contributed by atoms with van der Waals surface area (Å²) in [7, 11) is 0. The Balaban J connectivity index is 2.18. The molecule has 156 valence electrons. The Labute approximate surface area is 179 Å². The van der Waals surface area contributed by atoms with E-state index < -0.39 is 11.6 Å². The van der Waals surface area contributed by atoms with E-state index in [0.29, 0.717) is 28.3 Å². The third-order valence-electron chi connectivity index (χ3n) is 4.18. The minimum atomic E-state index is -1.16. The van der Waals surface area contributed by atoms with Crippen molar-refractivity contribution < 1.29 is 14.3 Å². The summed E-state index contributed by atoms with van der Waals surface area (Å²) < 4.78 is 5.81. The molecular weight excluding hydrogens is 408 g/mol. The predicted molar refractivity (Wildman–Crippen MR) is 117 cm³/mol. The fraction of sp³-hybridized carbons (Fsp3) is 0.400. The van der Waals surface area contributed by atoms with Gasteiger partial charge in [-0.15, -0.1) is 11.7 Å². The second kappa shape index (κ2) is 10.9. The number of amides is 2. The van der Waals surface area contributed by atoms with Crippen molar-refractivity contribution in [1.82, 2.24) is 15.5 Å². The Morgan fingerprint density at radius 1 is 1.38 bits per heavy atom. The summed E-state index contributed by atoms with van der Waals surface area (Å²) in [5.74, 6) is -0.208. The van der Waals surface area contributed by atoms with E-state index in [2.05, 4.69) is 27.4 Å². The smallest absolute Gasteiger partial charge is 0.408 e. The highest BCUT2D eigenvalue weighted by molar-refractivity contribution is 7.73. The molecule has 1 aromatic heterocycles. The number of aromatic nitrogens is 2. The number of carbonyl (C=O) groups excluding carboxylic acids is 2. The number of hydrogen-bond acceptors (Lipinski definition) is 6. The maximum atomic E-state index is 13.2. The number of aromatic amines is 1. The molecule has 0 spiro atoms. The number of allylic oxidation sites excluding steroid dienone is 1. The first-order valence-corrected chi connectivity index (χ1v) is 10.5. The van der Waals surface area contributed by atoms with Crippen LogP contribution in [-0.4, -0.2) is 27.7 Å². The molecule has 0 saturated heterocycles. The maximum absolute atomic E-state index is 13.2. The Hall–Kier alpha value is -2.52. The fourth-order valence-electron chi connectivity index (χ4n) is 2.98. The van der Waals surface area contributed by atoms with Crippen LogP contribution in [0.3, 0.4) is 0 Å². The van der Waals surface area contributed by atoms with Crippen LogP contribution in [0.25, 0.3) is 0 Å². The molecule has 2 amide bonds. The number of alkyl carbamates (subject to hydrolysis) is 1. The van der Waals surface area contributed by atoms with Crippen molar-refractivity contribution >= 4 is 40.7 Å². The van der Waals surface area contributed by atoms with Crippen LogP contribution in [0.1, 0.15) is 38.7 Å². The summed E-state index contributed by atoms with van der Waals surface area (Å²) in [4.78, 5) is 25.8. The van der Waals surface area contributed by atoms with Gasteiger partial charge in [0.1, 0.15) is 12.1 Å². The van der Waals surface area contributed by atoms with Crippen LogP contribution in [-0.2, 0) is 16.1 Å². The van der Waals surface area contributed by atoms with E-state index in [1.165, 1.54) is 0 Å². The normalized spacial score (nSPS) is 12.8. The molecule has 1 unspecified atom stereocenters. The third-order valence-corrected chi connectivity index (χ3v) is 5.18. The number of carbonyl (C=O) groups is 2. The van der Waals surface area contributed by atoms with Gasteiger partial charge in [-0.05, 0) is 43.0 Å². The summed E-state index contributed by atoms with van der Waals surface area (Å²) >= 11 is 6.17. The minimum Gasteiger partial charge on any atom is -0.445 e. The lowest BCUT2D eigenvalue weighted by Crippen LogP contribution is -2.57. The first-order chi connectivity index (χ1) is 13.8. The summed E-state index contributed by atoms with van der Waals surface area (Å²) in [6.07, 6.45) is 2.44. The lowest BCUT2D eigenvalue weighted by Gasteiger charge is -2.34. The van der Waals surface area contributed by atoms with E-state index in [9.17, 15) is 9.59 Å². The fourth-order valence-corrected chi connectivity index (χ4v) is 3.76. The SMILES string of the molecule is C=CCCC(CC(C)C)(NC(=O)OCc1ccccc1)C(=O)Nc1n[nH]c(=S)s1. The lowest BCUT2D eigenvalue weighted by atomic mass is 9.83.